The van der Waals surface area contributed by atoms with Gasteiger partial charge in [-0.15, -0.1) is 12.3 Å². The van der Waals surface area contributed by atoms with Gasteiger partial charge < -0.3 is 5.32 Å². The molecular weight excluding hydrogens is 224 g/mol. The molecule has 1 rings (SSSR count). The number of rotatable bonds is 4. The number of aromatic nitrogens is 1. The topological polar surface area (TPSA) is 42.0 Å². The van der Waals surface area contributed by atoms with Gasteiger partial charge in [0.05, 0.1) is 5.56 Å². The van der Waals surface area contributed by atoms with Crippen molar-refractivity contribution < 1.29 is 4.79 Å². The highest BCUT2D eigenvalue weighted by Gasteiger charge is 2.14. The lowest BCUT2D eigenvalue weighted by atomic mass is 10.1. The molecule has 0 saturated heterocycles. The normalized spacial score (nSPS) is 11.6. The second-order valence-corrected chi connectivity index (χ2v) is 3.69. The van der Waals surface area contributed by atoms with Gasteiger partial charge in [-0.2, -0.15) is 0 Å². The van der Waals surface area contributed by atoms with Gasteiger partial charge in [0.2, 0.25) is 0 Å². The molecule has 0 spiro atoms. The van der Waals surface area contributed by atoms with Gasteiger partial charge >= 0.3 is 0 Å². The summed E-state index contributed by atoms with van der Waals surface area (Å²) in [6, 6.07) is 3.28. The second kappa shape index (κ2) is 6.14. The number of hydrogen-bond acceptors (Lipinski definition) is 2. The van der Waals surface area contributed by atoms with Crippen molar-refractivity contribution in [3.8, 4) is 12.3 Å². The zero-order valence-corrected chi connectivity index (χ0v) is 9.79. The molecular formula is C12H13ClN2O. The minimum Gasteiger partial charge on any atom is -0.348 e. The van der Waals surface area contributed by atoms with E-state index in [-0.39, 0.29) is 17.1 Å². The van der Waals surface area contributed by atoms with E-state index in [9.17, 15) is 4.79 Å². The molecule has 0 aliphatic heterocycles. The molecule has 0 aromatic carbocycles. The molecule has 1 aromatic rings. The zero-order valence-electron chi connectivity index (χ0n) is 9.03. The summed E-state index contributed by atoms with van der Waals surface area (Å²) in [6.45, 7) is 1.97. The van der Waals surface area contributed by atoms with Crippen LogP contribution < -0.4 is 5.32 Å². The minimum atomic E-state index is -0.236. The first-order valence-electron chi connectivity index (χ1n) is 5.03. The Morgan fingerprint density at radius 1 is 1.75 bits per heavy atom. The quantitative estimate of drug-likeness (QED) is 0.644. The van der Waals surface area contributed by atoms with Crippen molar-refractivity contribution in [1.29, 1.82) is 0 Å². The van der Waals surface area contributed by atoms with Crippen molar-refractivity contribution in [1.82, 2.24) is 10.3 Å². The molecule has 1 N–H and O–H groups in total. The number of carbonyl (C=O) groups is 1. The standard InChI is InChI=1S/C12H13ClN2O/c1-3-6-9(4-2)15-12(16)10-7-5-8-14-11(10)13/h1,5,7-9H,4,6H2,2H3,(H,15,16). The maximum Gasteiger partial charge on any atom is 0.254 e. The molecule has 0 fully saturated rings. The molecule has 0 aliphatic carbocycles. The van der Waals surface area contributed by atoms with E-state index in [0.29, 0.717) is 12.0 Å². The molecule has 0 saturated carbocycles. The van der Waals surface area contributed by atoms with Crippen LogP contribution in [0.3, 0.4) is 0 Å². The molecule has 1 unspecified atom stereocenters. The average molecular weight is 237 g/mol. The molecule has 0 radical (unpaired) electrons. The predicted molar refractivity (Wildman–Crippen MR) is 64.2 cm³/mol. The van der Waals surface area contributed by atoms with Crippen LogP contribution in [0.25, 0.3) is 0 Å². The lowest BCUT2D eigenvalue weighted by Gasteiger charge is -2.14. The third-order valence-corrected chi connectivity index (χ3v) is 2.50. The number of halogens is 1. The van der Waals surface area contributed by atoms with Crippen LogP contribution in [-0.2, 0) is 0 Å². The number of hydrogen-bond donors (Lipinski definition) is 1. The molecule has 3 nitrogen and oxygen atoms in total. The summed E-state index contributed by atoms with van der Waals surface area (Å²) in [5, 5.41) is 3.02. The Bertz CT molecular complexity index is 412. The fourth-order valence-electron chi connectivity index (χ4n) is 1.26. The Balaban J connectivity index is 2.73. The van der Waals surface area contributed by atoms with Crippen LogP contribution in [0.5, 0.6) is 0 Å². The molecule has 16 heavy (non-hydrogen) atoms. The minimum absolute atomic E-state index is 0.0197. The van der Waals surface area contributed by atoms with Crippen molar-refractivity contribution in [2.45, 2.75) is 25.8 Å². The molecule has 0 bridgehead atoms. The van der Waals surface area contributed by atoms with Crippen LogP contribution in [0.2, 0.25) is 5.15 Å². The van der Waals surface area contributed by atoms with Crippen LogP contribution in [0.4, 0.5) is 0 Å². The molecule has 4 heteroatoms. The highest BCUT2D eigenvalue weighted by atomic mass is 35.5. The lowest BCUT2D eigenvalue weighted by molar-refractivity contribution is 0.0936. The second-order valence-electron chi connectivity index (χ2n) is 3.33. The van der Waals surface area contributed by atoms with E-state index >= 15 is 0 Å². The van der Waals surface area contributed by atoms with Gasteiger partial charge in [0.1, 0.15) is 5.15 Å². The average Bonchev–Trinajstić information content (AvgIpc) is 2.28. The predicted octanol–water partition coefficient (Wildman–Crippen LogP) is 2.27. The first-order chi connectivity index (χ1) is 7.69. The van der Waals surface area contributed by atoms with E-state index in [2.05, 4.69) is 16.2 Å². The van der Waals surface area contributed by atoms with Crippen molar-refractivity contribution in [2.24, 2.45) is 0 Å². The highest BCUT2D eigenvalue weighted by molar-refractivity contribution is 6.32. The molecule has 1 aromatic heterocycles. The van der Waals surface area contributed by atoms with Gasteiger partial charge in [-0.05, 0) is 18.6 Å². The zero-order chi connectivity index (χ0) is 12.0. The summed E-state index contributed by atoms with van der Waals surface area (Å²) in [5.74, 6) is 2.29. The van der Waals surface area contributed by atoms with Crippen molar-refractivity contribution in [3.05, 3.63) is 29.0 Å². The number of amides is 1. The van der Waals surface area contributed by atoms with E-state index in [1.807, 2.05) is 6.92 Å². The number of pyridine rings is 1. The largest absolute Gasteiger partial charge is 0.348 e. The van der Waals surface area contributed by atoms with E-state index in [1.165, 1.54) is 6.20 Å². The number of nitrogens with zero attached hydrogens (tertiary/aromatic N) is 1. The van der Waals surface area contributed by atoms with Crippen LogP contribution in [0.15, 0.2) is 18.3 Å². The van der Waals surface area contributed by atoms with Gasteiger partial charge in [0.25, 0.3) is 5.91 Å². The Morgan fingerprint density at radius 3 is 3.06 bits per heavy atom. The fraction of sp³-hybridized carbons (Fsp3) is 0.333. The molecule has 1 amide bonds. The summed E-state index contributed by atoms with van der Waals surface area (Å²) >= 11 is 5.81. The van der Waals surface area contributed by atoms with Gasteiger partial charge in [-0.3, -0.25) is 4.79 Å². The molecule has 84 valence electrons. The summed E-state index contributed by atoms with van der Waals surface area (Å²) in [4.78, 5) is 15.6. The summed E-state index contributed by atoms with van der Waals surface area (Å²) in [5.41, 5.74) is 0.375. The summed E-state index contributed by atoms with van der Waals surface area (Å²) in [6.07, 6.45) is 8.05. The number of terminal acetylenes is 1. The van der Waals surface area contributed by atoms with Crippen LogP contribution in [0.1, 0.15) is 30.1 Å². The van der Waals surface area contributed by atoms with Gasteiger partial charge in [0, 0.05) is 18.7 Å². The molecule has 1 atom stereocenters. The molecule has 0 aliphatic rings. The Kier molecular flexibility index (Phi) is 4.81. The first-order valence-corrected chi connectivity index (χ1v) is 5.41. The SMILES string of the molecule is C#CCC(CC)NC(=O)c1cccnc1Cl. The monoisotopic (exact) mass is 236 g/mol. The van der Waals surface area contributed by atoms with Gasteiger partial charge in [-0.1, -0.05) is 18.5 Å². The maximum absolute atomic E-state index is 11.8. The number of nitrogens with one attached hydrogen (secondary N) is 1. The fourth-order valence-corrected chi connectivity index (χ4v) is 1.46. The van der Waals surface area contributed by atoms with E-state index in [1.54, 1.807) is 12.1 Å². The Morgan fingerprint density at radius 2 is 2.50 bits per heavy atom. The smallest absolute Gasteiger partial charge is 0.254 e. The van der Waals surface area contributed by atoms with Crippen molar-refractivity contribution in [3.63, 3.8) is 0 Å². The van der Waals surface area contributed by atoms with Crippen LogP contribution in [-0.4, -0.2) is 16.9 Å². The Hall–Kier alpha value is -1.53. The van der Waals surface area contributed by atoms with Crippen molar-refractivity contribution in [2.75, 3.05) is 0 Å². The van der Waals surface area contributed by atoms with Crippen LogP contribution in [0, 0.1) is 12.3 Å². The van der Waals surface area contributed by atoms with E-state index < -0.39 is 0 Å². The third kappa shape index (κ3) is 3.25. The number of carbonyl (C=O) groups excluding carboxylic acids is 1. The molecule has 1 heterocycles. The first kappa shape index (κ1) is 12.5. The van der Waals surface area contributed by atoms with Crippen molar-refractivity contribution >= 4 is 17.5 Å². The van der Waals surface area contributed by atoms with Crippen LogP contribution >= 0.6 is 11.6 Å². The van der Waals surface area contributed by atoms with E-state index in [4.69, 9.17) is 18.0 Å². The lowest BCUT2D eigenvalue weighted by Crippen LogP contribution is -2.34. The third-order valence-electron chi connectivity index (χ3n) is 2.20. The highest BCUT2D eigenvalue weighted by Crippen LogP contribution is 2.11. The van der Waals surface area contributed by atoms with Gasteiger partial charge in [-0.25, -0.2) is 4.98 Å². The summed E-state index contributed by atoms with van der Waals surface area (Å²) in [7, 11) is 0. The Labute approximate surface area is 100 Å². The van der Waals surface area contributed by atoms with E-state index in [0.717, 1.165) is 6.42 Å². The maximum atomic E-state index is 11.8. The van der Waals surface area contributed by atoms with Gasteiger partial charge in [0.15, 0.2) is 0 Å². The summed E-state index contributed by atoms with van der Waals surface area (Å²) < 4.78 is 0.